The molecule has 3 aromatic heterocycles. The van der Waals surface area contributed by atoms with Crippen molar-refractivity contribution in [1.29, 1.82) is 0 Å². The fourth-order valence-electron chi connectivity index (χ4n) is 4.14. The minimum atomic E-state index is -0.951. The number of nitrogens with zero attached hydrogens (tertiary/aromatic N) is 3. The third-order valence-corrected chi connectivity index (χ3v) is 6.89. The average Bonchev–Trinajstić information content (AvgIpc) is 3.64. The lowest BCUT2D eigenvalue weighted by Gasteiger charge is -2.20. The van der Waals surface area contributed by atoms with E-state index in [0.29, 0.717) is 28.5 Å². The van der Waals surface area contributed by atoms with Crippen molar-refractivity contribution in [1.82, 2.24) is 9.88 Å². The maximum absolute atomic E-state index is 11.6. The molecule has 5 aromatic rings. The van der Waals surface area contributed by atoms with Gasteiger partial charge in [0, 0.05) is 22.3 Å². The van der Waals surface area contributed by atoms with E-state index in [4.69, 9.17) is 19.3 Å². The predicted molar refractivity (Wildman–Crippen MR) is 143 cm³/mol. The van der Waals surface area contributed by atoms with Crippen LogP contribution < -0.4 is 10.5 Å². The molecule has 0 unspecified atom stereocenters. The highest BCUT2D eigenvalue weighted by atomic mass is 32.2. The van der Waals surface area contributed by atoms with Gasteiger partial charge in [-0.15, -0.1) is 0 Å². The number of rotatable bonds is 11. The molecule has 0 saturated heterocycles. The number of amides is 1. The molecule has 0 bridgehead atoms. The number of aromatic amines is 1. The molecule has 1 amide bonds. The molecular weight excluding hydrogens is 542 g/mol. The number of primary amides is 1. The average molecular weight is 564 g/mol. The monoisotopic (exact) mass is 563 g/mol. The highest BCUT2D eigenvalue weighted by Crippen LogP contribution is 2.41. The van der Waals surface area contributed by atoms with E-state index in [2.05, 4.69) is 4.98 Å². The van der Waals surface area contributed by atoms with Crippen LogP contribution in [0, 0.1) is 20.2 Å². The highest BCUT2D eigenvalue weighted by molar-refractivity contribution is 7.99. The molecule has 3 heterocycles. The van der Waals surface area contributed by atoms with Crippen LogP contribution in [0.5, 0.6) is 5.88 Å². The molecule has 40 heavy (non-hydrogen) atoms. The number of H-pyrrole nitrogens is 1. The van der Waals surface area contributed by atoms with Gasteiger partial charge in [-0.2, -0.15) is 0 Å². The van der Waals surface area contributed by atoms with Crippen LogP contribution in [0.3, 0.4) is 0 Å². The van der Waals surface area contributed by atoms with Crippen LogP contribution in [-0.4, -0.2) is 25.8 Å². The number of nitro groups is 2. The van der Waals surface area contributed by atoms with Crippen LogP contribution in [-0.2, 0) is 19.6 Å². The maximum atomic E-state index is 11.6. The van der Waals surface area contributed by atoms with Gasteiger partial charge < -0.3 is 24.3 Å². The fourth-order valence-corrected chi connectivity index (χ4v) is 5.14. The van der Waals surface area contributed by atoms with E-state index in [0.717, 1.165) is 15.8 Å². The minimum Gasteiger partial charge on any atom is -0.404 e. The summed E-state index contributed by atoms with van der Waals surface area (Å²) in [6.07, 6.45) is -0.951. The number of hydrogen-bond donors (Lipinski definition) is 2. The predicted octanol–water partition coefficient (Wildman–Crippen LogP) is 5.98. The molecule has 0 aliphatic carbocycles. The Bertz CT molecular complexity index is 1640. The van der Waals surface area contributed by atoms with E-state index < -0.39 is 15.9 Å². The molecule has 0 fully saturated rings. The zero-order valence-corrected chi connectivity index (χ0v) is 21.5. The number of carbonyl (C=O) groups excluding carboxylic acids is 1. The highest BCUT2D eigenvalue weighted by Gasteiger charge is 2.20. The molecule has 5 rings (SSSR count). The minimum absolute atomic E-state index is 0.163. The van der Waals surface area contributed by atoms with E-state index >= 15 is 0 Å². The van der Waals surface area contributed by atoms with Crippen LogP contribution in [0.15, 0.2) is 91.4 Å². The van der Waals surface area contributed by atoms with Gasteiger partial charge >= 0.3 is 17.9 Å². The lowest BCUT2D eigenvalue weighted by atomic mass is 10.1. The maximum Gasteiger partial charge on any atom is 0.433 e. The van der Waals surface area contributed by atoms with Gasteiger partial charge in [0.1, 0.15) is 21.4 Å². The summed E-state index contributed by atoms with van der Waals surface area (Å²) in [6, 6.07) is 20.8. The fraction of sp³-hybridized carbons (Fsp3) is 0.115. The van der Waals surface area contributed by atoms with Crippen molar-refractivity contribution in [2.24, 2.45) is 5.73 Å². The van der Waals surface area contributed by atoms with E-state index in [1.807, 2.05) is 53.4 Å². The zero-order chi connectivity index (χ0) is 28.2. The summed E-state index contributed by atoms with van der Waals surface area (Å²) >= 11 is 1.42. The largest absolute Gasteiger partial charge is 0.433 e. The van der Waals surface area contributed by atoms with Crippen molar-refractivity contribution in [2.75, 3.05) is 0 Å². The molecular formula is C26H21N5O8S. The summed E-state index contributed by atoms with van der Waals surface area (Å²) in [5.74, 6) is 0.125. The second-order valence-corrected chi connectivity index (χ2v) is 9.72. The Morgan fingerprint density at radius 3 is 2.08 bits per heavy atom. The number of furan rings is 2. The Morgan fingerprint density at radius 1 is 0.900 bits per heavy atom. The van der Waals surface area contributed by atoms with Crippen molar-refractivity contribution >= 4 is 40.5 Å². The van der Waals surface area contributed by atoms with E-state index in [1.54, 1.807) is 0 Å². The third kappa shape index (κ3) is 6.14. The van der Waals surface area contributed by atoms with Crippen LogP contribution in [0.4, 0.5) is 16.6 Å². The number of fused-ring (bicyclic) bond motifs is 1. The molecule has 204 valence electrons. The Kier molecular flexibility index (Phi) is 7.52. The van der Waals surface area contributed by atoms with Crippen molar-refractivity contribution in [3.05, 3.63) is 110 Å². The van der Waals surface area contributed by atoms with Crippen LogP contribution in [0.1, 0.15) is 17.1 Å². The van der Waals surface area contributed by atoms with Gasteiger partial charge in [-0.05, 0) is 35.9 Å². The summed E-state index contributed by atoms with van der Waals surface area (Å²) in [6.45, 7) is 0.650. The number of nitrogens with one attached hydrogen (secondary N) is 1. The molecule has 0 aliphatic rings. The van der Waals surface area contributed by atoms with Gasteiger partial charge in [0.25, 0.3) is 0 Å². The van der Waals surface area contributed by atoms with Crippen molar-refractivity contribution < 1.29 is 28.2 Å². The lowest BCUT2D eigenvalue weighted by molar-refractivity contribution is -0.402. The second kappa shape index (κ2) is 11.3. The Hall–Kier alpha value is -5.08. The molecule has 2 aromatic carbocycles. The summed E-state index contributed by atoms with van der Waals surface area (Å²) in [5, 5.41) is 22.9. The van der Waals surface area contributed by atoms with Gasteiger partial charge in [-0.25, -0.2) is 4.79 Å². The zero-order valence-electron chi connectivity index (χ0n) is 20.6. The van der Waals surface area contributed by atoms with Gasteiger partial charge in [0.2, 0.25) is 5.88 Å². The first kappa shape index (κ1) is 26.5. The molecule has 3 N–H and O–H groups in total. The number of benzene rings is 2. The van der Waals surface area contributed by atoms with Gasteiger partial charge in [-0.3, -0.25) is 25.1 Å². The van der Waals surface area contributed by atoms with Gasteiger partial charge in [-0.1, -0.05) is 42.1 Å². The quantitative estimate of drug-likeness (QED) is 0.143. The lowest BCUT2D eigenvalue weighted by Crippen LogP contribution is -2.22. The number of hydrogen-bond acceptors (Lipinski definition) is 10. The molecule has 0 spiro atoms. The second-order valence-electron chi connectivity index (χ2n) is 8.64. The Morgan fingerprint density at radius 2 is 1.52 bits per heavy atom. The SMILES string of the molecule is NC(=O)Oc1[nH]c2cc(CN(Cc3ccc([N+](=O)[O-])o3)Cc3ccc([N+](=O)[O-])o3)ccc2c1Sc1ccccc1. The van der Waals surface area contributed by atoms with Crippen molar-refractivity contribution in [2.45, 2.75) is 29.4 Å². The molecule has 0 atom stereocenters. The van der Waals surface area contributed by atoms with Crippen LogP contribution in [0.2, 0.25) is 0 Å². The van der Waals surface area contributed by atoms with Crippen LogP contribution >= 0.6 is 11.8 Å². The smallest absolute Gasteiger partial charge is 0.404 e. The van der Waals surface area contributed by atoms with Crippen molar-refractivity contribution in [3.63, 3.8) is 0 Å². The Balaban J connectivity index is 1.44. The van der Waals surface area contributed by atoms with Crippen molar-refractivity contribution in [3.8, 4) is 5.88 Å². The summed E-state index contributed by atoms with van der Waals surface area (Å²) in [5.41, 5.74) is 6.81. The van der Waals surface area contributed by atoms with Gasteiger partial charge in [0.15, 0.2) is 0 Å². The normalized spacial score (nSPS) is 11.2. The molecule has 14 heteroatoms. The first-order valence-corrected chi connectivity index (χ1v) is 12.6. The van der Waals surface area contributed by atoms with E-state index in [9.17, 15) is 25.0 Å². The van der Waals surface area contributed by atoms with Gasteiger partial charge in [0.05, 0.1) is 30.1 Å². The third-order valence-electron chi connectivity index (χ3n) is 5.77. The van der Waals surface area contributed by atoms with Crippen LogP contribution in [0.25, 0.3) is 10.9 Å². The first-order chi connectivity index (χ1) is 19.2. The number of aromatic nitrogens is 1. The topological polar surface area (TPSA) is 184 Å². The molecule has 0 radical (unpaired) electrons. The first-order valence-electron chi connectivity index (χ1n) is 11.8. The number of nitrogens with two attached hydrogens (primary N) is 1. The molecule has 0 saturated carbocycles. The molecule has 13 nitrogen and oxygen atoms in total. The summed E-state index contributed by atoms with van der Waals surface area (Å²) < 4.78 is 15.9. The summed E-state index contributed by atoms with van der Waals surface area (Å²) in [7, 11) is 0. The van der Waals surface area contributed by atoms with E-state index in [-0.39, 0.29) is 30.7 Å². The Labute approximate surface area is 229 Å². The summed E-state index contributed by atoms with van der Waals surface area (Å²) in [4.78, 5) is 39.0. The molecule has 0 aliphatic heterocycles. The number of ether oxygens (including phenoxy) is 1. The van der Waals surface area contributed by atoms with E-state index in [1.165, 1.54) is 36.0 Å². The standard InChI is InChI=1S/C26H21N5O8S/c27-26(32)39-25-24(40-19-4-2-1-3-5-19)20-9-6-16(12-21(20)28-25)13-29(14-17-7-10-22(37-17)30(33)34)15-18-8-11-23(38-18)31(35)36/h1-12,28H,13-15H2,(H2,27,32). The number of carbonyl (C=O) groups is 1.